The summed E-state index contributed by atoms with van der Waals surface area (Å²) in [5.41, 5.74) is 5.86. The Morgan fingerprint density at radius 3 is 2.80 bits per heavy atom. The predicted molar refractivity (Wildman–Crippen MR) is 52.1 cm³/mol. The SMILES string of the molecule is NC(=O)c1c/c(=N/O)oc2ccccc12. The molecule has 1 amide bonds. The Balaban J connectivity index is 2.93. The summed E-state index contributed by atoms with van der Waals surface area (Å²) in [7, 11) is 0. The van der Waals surface area contributed by atoms with E-state index in [-0.39, 0.29) is 11.1 Å². The molecule has 0 aliphatic rings. The molecule has 0 aliphatic carbocycles. The van der Waals surface area contributed by atoms with Crippen LogP contribution < -0.4 is 11.3 Å². The number of nitrogens with two attached hydrogens (primary N) is 1. The van der Waals surface area contributed by atoms with Crippen molar-refractivity contribution in [2.24, 2.45) is 10.9 Å². The molecule has 0 radical (unpaired) electrons. The maximum atomic E-state index is 11.1. The molecule has 0 saturated heterocycles. The van der Waals surface area contributed by atoms with E-state index in [0.717, 1.165) is 0 Å². The molecular formula is C10H8N2O3. The average molecular weight is 204 g/mol. The molecular weight excluding hydrogens is 196 g/mol. The summed E-state index contributed by atoms with van der Waals surface area (Å²) in [5.74, 6) is -0.591. The molecule has 15 heavy (non-hydrogen) atoms. The van der Waals surface area contributed by atoms with Gasteiger partial charge in [-0.15, -0.1) is 0 Å². The smallest absolute Gasteiger partial charge is 0.256 e. The number of amides is 1. The molecule has 0 saturated carbocycles. The lowest BCUT2D eigenvalue weighted by atomic mass is 10.1. The third-order valence-corrected chi connectivity index (χ3v) is 2.02. The van der Waals surface area contributed by atoms with Crippen LogP contribution in [0.2, 0.25) is 0 Å². The lowest BCUT2D eigenvalue weighted by Gasteiger charge is -2.00. The van der Waals surface area contributed by atoms with E-state index in [1.165, 1.54) is 6.07 Å². The summed E-state index contributed by atoms with van der Waals surface area (Å²) in [6, 6.07) is 8.18. The molecule has 0 bridgehead atoms. The van der Waals surface area contributed by atoms with Crippen LogP contribution in [-0.2, 0) is 0 Å². The van der Waals surface area contributed by atoms with E-state index in [9.17, 15) is 4.79 Å². The minimum Gasteiger partial charge on any atom is -0.436 e. The third-order valence-electron chi connectivity index (χ3n) is 2.02. The molecule has 2 rings (SSSR count). The highest BCUT2D eigenvalue weighted by Crippen LogP contribution is 2.15. The maximum absolute atomic E-state index is 11.1. The Morgan fingerprint density at radius 2 is 2.13 bits per heavy atom. The van der Waals surface area contributed by atoms with Crippen LogP contribution in [0.1, 0.15) is 10.4 Å². The van der Waals surface area contributed by atoms with Crippen molar-refractivity contribution < 1.29 is 14.4 Å². The second-order valence-corrected chi connectivity index (χ2v) is 2.96. The number of nitrogens with zero attached hydrogens (tertiary/aromatic N) is 1. The summed E-state index contributed by atoms with van der Waals surface area (Å²) in [6.45, 7) is 0. The number of hydrogen-bond donors (Lipinski definition) is 2. The molecule has 1 aromatic heterocycles. The molecule has 0 atom stereocenters. The first-order valence-corrected chi connectivity index (χ1v) is 4.23. The molecule has 0 spiro atoms. The van der Waals surface area contributed by atoms with Crippen molar-refractivity contribution >= 4 is 16.9 Å². The van der Waals surface area contributed by atoms with Gasteiger partial charge in [-0.2, -0.15) is 0 Å². The minimum absolute atomic E-state index is 0.0532. The van der Waals surface area contributed by atoms with Gasteiger partial charge in [0.2, 0.25) is 5.91 Å². The van der Waals surface area contributed by atoms with Crippen molar-refractivity contribution in [2.75, 3.05) is 0 Å². The number of carbonyl (C=O) groups is 1. The van der Waals surface area contributed by atoms with Crippen molar-refractivity contribution in [1.82, 2.24) is 0 Å². The van der Waals surface area contributed by atoms with E-state index in [1.54, 1.807) is 24.3 Å². The standard InChI is InChI=1S/C10H8N2O3/c11-10(13)7-5-9(12-14)15-8-4-2-1-3-6(7)8/h1-5,14H,(H2,11,13)/b12-9-. The zero-order valence-electron chi connectivity index (χ0n) is 7.68. The number of rotatable bonds is 1. The van der Waals surface area contributed by atoms with E-state index < -0.39 is 5.91 Å². The monoisotopic (exact) mass is 204 g/mol. The van der Waals surface area contributed by atoms with Gasteiger partial charge >= 0.3 is 0 Å². The number of primary amides is 1. The molecule has 0 fully saturated rings. The van der Waals surface area contributed by atoms with E-state index in [1.807, 2.05) is 0 Å². The van der Waals surface area contributed by atoms with Crippen molar-refractivity contribution in [2.45, 2.75) is 0 Å². The first kappa shape index (κ1) is 9.26. The predicted octanol–water partition coefficient (Wildman–Crippen LogP) is 0.822. The third kappa shape index (κ3) is 1.54. The molecule has 0 aliphatic heterocycles. The van der Waals surface area contributed by atoms with Crippen LogP contribution in [0.25, 0.3) is 11.0 Å². The summed E-state index contributed by atoms with van der Waals surface area (Å²) in [6.07, 6.45) is 0. The summed E-state index contributed by atoms with van der Waals surface area (Å²) >= 11 is 0. The average Bonchev–Trinajstić information content (AvgIpc) is 2.27. The Kier molecular flexibility index (Phi) is 2.13. The second-order valence-electron chi connectivity index (χ2n) is 2.96. The maximum Gasteiger partial charge on any atom is 0.256 e. The number of benzene rings is 1. The normalized spacial score (nSPS) is 11.9. The molecule has 3 N–H and O–H groups in total. The second kappa shape index (κ2) is 3.45. The van der Waals surface area contributed by atoms with Crippen LogP contribution in [0.4, 0.5) is 0 Å². The molecule has 1 aromatic carbocycles. The first-order chi connectivity index (χ1) is 7.22. The summed E-state index contributed by atoms with van der Waals surface area (Å²) in [5, 5.41) is 12.1. The zero-order valence-corrected chi connectivity index (χ0v) is 7.68. The topological polar surface area (TPSA) is 88.8 Å². The highest BCUT2D eigenvalue weighted by Gasteiger charge is 2.08. The number of para-hydroxylation sites is 1. The lowest BCUT2D eigenvalue weighted by molar-refractivity contribution is 0.100. The van der Waals surface area contributed by atoms with Gasteiger partial charge in [-0.25, -0.2) is 0 Å². The van der Waals surface area contributed by atoms with Crippen LogP contribution in [0.5, 0.6) is 0 Å². The van der Waals surface area contributed by atoms with Gasteiger partial charge in [-0.05, 0) is 11.2 Å². The fourth-order valence-corrected chi connectivity index (χ4v) is 1.37. The number of hydrogen-bond acceptors (Lipinski definition) is 4. The van der Waals surface area contributed by atoms with E-state index >= 15 is 0 Å². The van der Waals surface area contributed by atoms with Gasteiger partial charge in [-0.3, -0.25) is 4.79 Å². The summed E-state index contributed by atoms with van der Waals surface area (Å²) in [4.78, 5) is 11.1. The zero-order chi connectivity index (χ0) is 10.8. The van der Waals surface area contributed by atoms with Gasteiger partial charge in [0.25, 0.3) is 5.55 Å². The quantitative estimate of drug-likeness (QED) is 0.532. The number of carbonyl (C=O) groups excluding carboxylic acids is 1. The van der Waals surface area contributed by atoms with Gasteiger partial charge in [0.05, 0.1) is 5.56 Å². The Bertz CT molecular complexity index is 586. The van der Waals surface area contributed by atoms with Gasteiger partial charge in [-0.1, -0.05) is 18.2 Å². The molecule has 0 unspecified atom stereocenters. The van der Waals surface area contributed by atoms with Crippen LogP contribution in [0.15, 0.2) is 39.9 Å². The van der Waals surface area contributed by atoms with Crippen molar-refractivity contribution in [3.05, 3.63) is 41.4 Å². The minimum atomic E-state index is -0.591. The van der Waals surface area contributed by atoms with Gasteiger partial charge in [0.1, 0.15) is 5.58 Å². The van der Waals surface area contributed by atoms with Crippen LogP contribution in [0, 0.1) is 0 Å². The molecule has 2 aromatic rings. The molecule has 5 nitrogen and oxygen atoms in total. The van der Waals surface area contributed by atoms with Crippen molar-refractivity contribution in [3.63, 3.8) is 0 Å². The Hall–Kier alpha value is -2.30. The van der Waals surface area contributed by atoms with Crippen LogP contribution in [0.3, 0.4) is 0 Å². The Labute approximate surface area is 84.4 Å². The van der Waals surface area contributed by atoms with Gasteiger partial charge in [0, 0.05) is 11.5 Å². The lowest BCUT2D eigenvalue weighted by Crippen LogP contribution is -2.15. The van der Waals surface area contributed by atoms with Gasteiger partial charge in [0.15, 0.2) is 0 Å². The number of fused-ring (bicyclic) bond motifs is 1. The largest absolute Gasteiger partial charge is 0.436 e. The summed E-state index contributed by atoms with van der Waals surface area (Å²) < 4.78 is 5.18. The van der Waals surface area contributed by atoms with E-state index in [4.69, 9.17) is 15.4 Å². The van der Waals surface area contributed by atoms with Crippen LogP contribution >= 0.6 is 0 Å². The Morgan fingerprint density at radius 1 is 1.40 bits per heavy atom. The van der Waals surface area contributed by atoms with E-state index in [2.05, 4.69) is 5.16 Å². The molecule has 5 heteroatoms. The highest BCUT2D eigenvalue weighted by molar-refractivity contribution is 6.04. The fourth-order valence-electron chi connectivity index (χ4n) is 1.37. The highest BCUT2D eigenvalue weighted by atomic mass is 16.5. The van der Waals surface area contributed by atoms with Gasteiger partial charge < -0.3 is 15.4 Å². The fraction of sp³-hybridized carbons (Fsp3) is 0. The van der Waals surface area contributed by atoms with Crippen molar-refractivity contribution in [3.8, 4) is 0 Å². The molecule has 1 heterocycles. The first-order valence-electron chi connectivity index (χ1n) is 4.23. The van der Waals surface area contributed by atoms with Crippen LogP contribution in [-0.4, -0.2) is 11.1 Å². The van der Waals surface area contributed by atoms with E-state index in [0.29, 0.717) is 11.0 Å². The van der Waals surface area contributed by atoms with Crippen molar-refractivity contribution in [1.29, 1.82) is 0 Å². The molecule has 76 valence electrons.